The second-order valence-corrected chi connectivity index (χ2v) is 5.89. The molecule has 0 amide bonds. The van der Waals surface area contributed by atoms with Crippen LogP contribution in [0, 0.1) is 0 Å². The first kappa shape index (κ1) is 14.3. The van der Waals surface area contributed by atoms with Crippen molar-refractivity contribution < 1.29 is 0 Å². The maximum absolute atomic E-state index is 6.37. The van der Waals surface area contributed by atoms with E-state index in [1.54, 1.807) is 0 Å². The minimum Gasteiger partial charge on any atom is -0.375 e. The zero-order valence-corrected chi connectivity index (χ0v) is 13.3. The van der Waals surface area contributed by atoms with Gasteiger partial charge >= 0.3 is 0 Å². The van der Waals surface area contributed by atoms with Crippen LogP contribution in [0.4, 0.5) is 5.69 Å². The van der Waals surface area contributed by atoms with E-state index < -0.39 is 0 Å². The Labute approximate surface area is 133 Å². The number of nitrogens with zero attached hydrogens (tertiary/aromatic N) is 2. The molecule has 0 radical (unpaired) electrons. The predicted molar refractivity (Wildman–Crippen MR) is 90.1 cm³/mol. The SMILES string of the molecule is CCCC(Nc1c(Cl)ccc2nsnc12)c1ccccc1. The number of halogens is 1. The normalized spacial score (nSPS) is 12.5. The van der Waals surface area contributed by atoms with Gasteiger partial charge in [0, 0.05) is 0 Å². The van der Waals surface area contributed by atoms with Crippen molar-refractivity contribution in [3.05, 3.63) is 53.1 Å². The number of aromatic nitrogens is 2. The third-order valence-corrected chi connectivity index (χ3v) is 4.33. The van der Waals surface area contributed by atoms with Gasteiger partial charge in [0.1, 0.15) is 11.0 Å². The number of hydrogen-bond donors (Lipinski definition) is 1. The zero-order valence-electron chi connectivity index (χ0n) is 11.7. The van der Waals surface area contributed by atoms with Crippen LogP contribution >= 0.6 is 23.3 Å². The van der Waals surface area contributed by atoms with Crippen molar-refractivity contribution in [2.24, 2.45) is 0 Å². The number of nitrogens with one attached hydrogen (secondary N) is 1. The summed E-state index contributed by atoms with van der Waals surface area (Å²) in [5.41, 5.74) is 3.88. The van der Waals surface area contributed by atoms with E-state index in [0.717, 1.165) is 29.6 Å². The Morgan fingerprint density at radius 1 is 1.14 bits per heavy atom. The Hall–Kier alpha value is -1.65. The molecule has 3 aromatic rings. The number of benzene rings is 2. The first-order valence-electron chi connectivity index (χ1n) is 7.02. The summed E-state index contributed by atoms with van der Waals surface area (Å²) in [6, 6.07) is 14.4. The molecular weight excluding hydrogens is 302 g/mol. The Bertz CT molecular complexity index is 727. The van der Waals surface area contributed by atoms with Crippen molar-refractivity contribution >= 4 is 40.0 Å². The van der Waals surface area contributed by atoms with Crippen molar-refractivity contribution in [1.82, 2.24) is 8.75 Å². The van der Waals surface area contributed by atoms with E-state index in [4.69, 9.17) is 11.6 Å². The zero-order chi connectivity index (χ0) is 14.7. The lowest BCUT2D eigenvalue weighted by Gasteiger charge is -2.20. The van der Waals surface area contributed by atoms with E-state index in [-0.39, 0.29) is 6.04 Å². The number of anilines is 1. The lowest BCUT2D eigenvalue weighted by molar-refractivity contribution is 0.678. The van der Waals surface area contributed by atoms with Gasteiger partial charge in [-0.05, 0) is 24.1 Å². The van der Waals surface area contributed by atoms with Crippen LogP contribution in [0.5, 0.6) is 0 Å². The number of hydrogen-bond acceptors (Lipinski definition) is 4. The fraction of sp³-hybridized carbons (Fsp3) is 0.250. The smallest absolute Gasteiger partial charge is 0.129 e. The number of rotatable bonds is 5. The molecule has 1 atom stereocenters. The highest BCUT2D eigenvalue weighted by atomic mass is 35.5. The van der Waals surface area contributed by atoms with Crippen LogP contribution in [-0.2, 0) is 0 Å². The molecule has 0 saturated carbocycles. The molecule has 1 N–H and O–H groups in total. The van der Waals surface area contributed by atoms with Gasteiger partial charge in [-0.2, -0.15) is 8.75 Å². The molecule has 3 nitrogen and oxygen atoms in total. The summed E-state index contributed by atoms with van der Waals surface area (Å²) >= 11 is 7.58. The van der Waals surface area contributed by atoms with Crippen LogP contribution in [0.25, 0.3) is 11.0 Å². The third kappa shape index (κ3) is 3.01. The van der Waals surface area contributed by atoms with E-state index in [1.165, 1.54) is 17.3 Å². The van der Waals surface area contributed by atoms with Gasteiger partial charge in [-0.15, -0.1) is 0 Å². The molecule has 0 saturated heterocycles. The van der Waals surface area contributed by atoms with Crippen molar-refractivity contribution in [2.45, 2.75) is 25.8 Å². The summed E-state index contributed by atoms with van der Waals surface area (Å²) in [4.78, 5) is 0. The first-order valence-corrected chi connectivity index (χ1v) is 8.12. The highest BCUT2D eigenvalue weighted by Gasteiger charge is 2.15. The second-order valence-electron chi connectivity index (χ2n) is 4.95. The molecule has 0 aliphatic carbocycles. The van der Waals surface area contributed by atoms with Gasteiger partial charge in [-0.1, -0.05) is 55.3 Å². The minimum atomic E-state index is 0.223. The predicted octanol–water partition coefficient (Wildman–Crippen LogP) is 5.30. The topological polar surface area (TPSA) is 37.8 Å². The lowest BCUT2D eigenvalue weighted by atomic mass is 10.0. The van der Waals surface area contributed by atoms with Crippen LogP contribution in [0.3, 0.4) is 0 Å². The Morgan fingerprint density at radius 2 is 1.95 bits per heavy atom. The largest absolute Gasteiger partial charge is 0.375 e. The monoisotopic (exact) mass is 317 g/mol. The fourth-order valence-corrected chi connectivity index (χ4v) is 3.18. The summed E-state index contributed by atoms with van der Waals surface area (Å²) in [6.07, 6.45) is 2.13. The molecule has 1 unspecified atom stereocenters. The van der Waals surface area contributed by atoms with E-state index in [9.17, 15) is 0 Å². The Kier molecular flexibility index (Phi) is 4.36. The van der Waals surface area contributed by atoms with E-state index in [1.807, 2.05) is 18.2 Å². The van der Waals surface area contributed by atoms with Gasteiger partial charge in [0.2, 0.25) is 0 Å². The van der Waals surface area contributed by atoms with E-state index in [0.29, 0.717) is 5.02 Å². The summed E-state index contributed by atoms with van der Waals surface area (Å²) < 4.78 is 8.65. The molecule has 108 valence electrons. The lowest BCUT2D eigenvalue weighted by Crippen LogP contribution is -2.11. The molecule has 2 aromatic carbocycles. The van der Waals surface area contributed by atoms with Gasteiger partial charge in [0.15, 0.2) is 0 Å². The highest BCUT2D eigenvalue weighted by molar-refractivity contribution is 7.00. The van der Waals surface area contributed by atoms with Crippen molar-refractivity contribution in [1.29, 1.82) is 0 Å². The molecule has 0 spiro atoms. The van der Waals surface area contributed by atoms with Crippen LogP contribution in [0.1, 0.15) is 31.4 Å². The fourth-order valence-electron chi connectivity index (χ4n) is 2.43. The molecule has 0 aliphatic heterocycles. The minimum absolute atomic E-state index is 0.223. The van der Waals surface area contributed by atoms with Gasteiger partial charge < -0.3 is 5.32 Å². The van der Waals surface area contributed by atoms with Crippen molar-refractivity contribution in [3.8, 4) is 0 Å². The van der Waals surface area contributed by atoms with Crippen LogP contribution in [-0.4, -0.2) is 8.75 Å². The average Bonchev–Trinajstić information content (AvgIpc) is 2.99. The highest BCUT2D eigenvalue weighted by Crippen LogP contribution is 2.34. The molecule has 5 heteroatoms. The summed E-state index contributed by atoms with van der Waals surface area (Å²) in [6.45, 7) is 2.18. The van der Waals surface area contributed by atoms with Crippen LogP contribution in [0.15, 0.2) is 42.5 Å². The van der Waals surface area contributed by atoms with Gasteiger partial charge in [-0.25, -0.2) is 0 Å². The Balaban J connectivity index is 1.98. The quantitative estimate of drug-likeness (QED) is 0.694. The molecule has 0 fully saturated rings. The van der Waals surface area contributed by atoms with E-state index >= 15 is 0 Å². The van der Waals surface area contributed by atoms with Crippen molar-refractivity contribution in [2.75, 3.05) is 5.32 Å². The van der Waals surface area contributed by atoms with Crippen molar-refractivity contribution in [3.63, 3.8) is 0 Å². The summed E-state index contributed by atoms with van der Waals surface area (Å²) in [7, 11) is 0. The standard InChI is InChI=1S/C16H16ClN3S/c1-2-6-13(11-7-4-3-5-8-11)18-15-12(17)9-10-14-16(15)20-21-19-14/h3-5,7-10,13,18H,2,6H2,1H3. The summed E-state index contributed by atoms with van der Waals surface area (Å²) in [5.74, 6) is 0. The molecule has 1 heterocycles. The van der Waals surface area contributed by atoms with Crippen LogP contribution < -0.4 is 5.32 Å². The van der Waals surface area contributed by atoms with E-state index in [2.05, 4.69) is 45.3 Å². The molecule has 0 aliphatic rings. The molecule has 3 rings (SSSR count). The molecule has 1 aromatic heterocycles. The van der Waals surface area contributed by atoms with Gasteiger partial charge in [0.25, 0.3) is 0 Å². The maximum atomic E-state index is 6.37. The maximum Gasteiger partial charge on any atom is 0.129 e. The van der Waals surface area contributed by atoms with Gasteiger partial charge in [0.05, 0.1) is 28.5 Å². The third-order valence-electron chi connectivity index (χ3n) is 3.47. The second kappa shape index (κ2) is 6.41. The Morgan fingerprint density at radius 3 is 2.71 bits per heavy atom. The molecule has 0 bridgehead atoms. The van der Waals surface area contributed by atoms with Gasteiger partial charge in [-0.3, -0.25) is 0 Å². The summed E-state index contributed by atoms with van der Waals surface area (Å²) in [5, 5.41) is 4.25. The van der Waals surface area contributed by atoms with Crippen LogP contribution in [0.2, 0.25) is 5.02 Å². The first-order chi connectivity index (χ1) is 10.3. The number of fused-ring (bicyclic) bond motifs is 1. The molecular formula is C16H16ClN3S. The molecule has 21 heavy (non-hydrogen) atoms. The average molecular weight is 318 g/mol.